The van der Waals surface area contributed by atoms with Crippen molar-refractivity contribution in [3.05, 3.63) is 47.2 Å². The molecule has 0 spiro atoms. The Morgan fingerprint density at radius 1 is 1.41 bits per heavy atom. The van der Waals surface area contributed by atoms with Gasteiger partial charge < -0.3 is 4.90 Å². The average molecular weight is 237 g/mol. The third-order valence-corrected chi connectivity index (χ3v) is 3.41. The van der Waals surface area contributed by atoms with Crippen LogP contribution < -0.4 is 0 Å². The van der Waals surface area contributed by atoms with Crippen LogP contribution in [0.2, 0.25) is 0 Å². The van der Waals surface area contributed by atoms with Gasteiger partial charge in [0.2, 0.25) is 0 Å². The Kier molecular flexibility index (Phi) is 3.18. The molecule has 0 aliphatic carbocycles. The highest BCUT2D eigenvalue weighted by Gasteiger charge is 2.33. The van der Waals surface area contributed by atoms with Crippen molar-refractivity contribution in [2.45, 2.75) is 32.2 Å². The van der Waals surface area contributed by atoms with Gasteiger partial charge in [-0.05, 0) is 18.1 Å². The Labute approximate surface area is 101 Å². The van der Waals surface area contributed by atoms with Crippen molar-refractivity contribution in [2.24, 2.45) is 0 Å². The van der Waals surface area contributed by atoms with Gasteiger partial charge in [-0.3, -0.25) is 0 Å². The molecule has 17 heavy (non-hydrogen) atoms. The van der Waals surface area contributed by atoms with Crippen LogP contribution in [0, 0.1) is 6.92 Å². The first-order chi connectivity index (χ1) is 8.02. The van der Waals surface area contributed by atoms with E-state index >= 15 is 0 Å². The van der Waals surface area contributed by atoms with Crippen LogP contribution in [0.15, 0.2) is 30.5 Å². The van der Waals surface area contributed by atoms with Gasteiger partial charge in [0.25, 0.3) is 0 Å². The summed E-state index contributed by atoms with van der Waals surface area (Å²) in [4.78, 5) is 1.85. The highest BCUT2D eigenvalue weighted by atomic mass is 19.1. The van der Waals surface area contributed by atoms with E-state index in [1.54, 1.807) is 0 Å². The van der Waals surface area contributed by atoms with Crippen LogP contribution in [-0.4, -0.2) is 18.1 Å². The molecule has 1 saturated heterocycles. The molecule has 1 aromatic rings. The monoisotopic (exact) mass is 237 g/mol. The quantitative estimate of drug-likeness (QED) is 0.758. The van der Waals surface area contributed by atoms with Crippen LogP contribution in [0.3, 0.4) is 0 Å². The number of benzene rings is 1. The Hall–Kier alpha value is -1.38. The molecule has 1 aromatic carbocycles. The van der Waals surface area contributed by atoms with Gasteiger partial charge in [0.1, 0.15) is 12.8 Å². The number of hydrogen-bond acceptors (Lipinski definition) is 1. The van der Waals surface area contributed by atoms with Crippen molar-refractivity contribution in [3.8, 4) is 0 Å². The SMILES string of the molecule is C=C1C(F)CC(c2cc(C)cc(CF)c2)N1C. The summed E-state index contributed by atoms with van der Waals surface area (Å²) in [6.07, 6.45) is -0.579. The third-order valence-electron chi connectivity index (χ3n) is 3.41. The highest BCUT2D eigenvalue weighted by molar-refractivity contribution is 5.33. The number of nitrogens with zero attached hydrogens (tertiary/aromatic N) is 1. The molecule has 1 aliphatic rings. The lowest BCUT2D eigenvalue weighted by Gasteiger charge is -2.23. The van der Waals surface area contributed by atoms with E-state index < -0.39 is 12.8 Å². The average Bonchev–Trinajstić information content (AvgIpc) is 2.56. The molecule has 1 aliphatic heterocycles. The lowest BCUT2D eigenvalue weighted by Crippen LogP contribution is -2.16. The maximum absolute atomic E-state index is 13.6. The van der Waals surface area contributed by atoms with Crippen LogP contribution in [0.1, 0.15) is 29.2 Å². The van der Waals surface area contributed by atoms with Crippen molar-refractivity contribution < 1.29 is 8.78 Å². The summed E-state index contributed by atoms with van der Waals surface area (Å²) in [5.74, 6) is 0. The van der Waals surface area contributed by atoms with Gasteiger partial charge in [-0.25, -0.2) is 8.78 Å². The number of rotatable bonds is 2. The summed E-state index contributed by atoms with van der Waals surface area (Å²) >= 11 is 0. The standard InChI is InChI=1S/C14H17F2N/c1-9-4-11(8-15)6-12(5-9)14-7-13(16)10(2)17(14)3/h4-6,13-14H,2,7-8H2,1,3H3. The van der Waals surface area contributed by atoms with Gasteiger partial charge in [0.15, 0.2) is 0 Å². The summed E-state index contributed by atoms with van der Waals surface area (Å²) in [5, 5.41) is 0. The molecule has 0 aromatic heterocycles. The first-order valence-electron chi connectivity index (χ1n) is 5.75. The van der Waals surface area contributed by atoms with Crippen molar-refractivity contribution >= 4 is 0 Å². The van der Waals surface area contributed by atoms with Crippen LogP contribution in [0.5, 0.6) is 0 Å². The molecule has 0 amide bonds. The fraction of sp³-hybridized carbons (Fsp3) is 0.429. The summed E-state index contributed by atoms with van der Waals surface area (Å²) in [7, 11) is 1.84. The Bertz CT molecular complexity index is 442. The zero-order valence-corrected chi connectivity index (χ0v) is 10.2. The van der Waals surface area contributed by atoms with Gasteiger partial charge in [-0.1, -0.05) is 30.3 Å². The van der Waals surface area contributed by atoms with Crippen LogP contribution >= 0.6 is 0 Å². The van der Waals surface area contributed by atoms with Gasteiger partial charge in [0.05, 0.1) is 6.04 Å². The molecule has 1 nitrogen and oxygen atoms in total. The first-order valence-corrected chi connectivity index (χ1v) is 5.75. The first kappa shape index (κ1) is 12.1. The summed E-state index contributed by atoms with van der Waals surface area (Å²) in [5.41, 5.74) is 3.15. The van der Waals surface area contributed by atoms with E-state index in [0.717, 1.165) is 11.1 Å². The molecule has 2 rings (SSSR count). The zero-order valence-electron chi connectivity index (χ0n) is 10.2. The number of allylic oxidation sites excluding steroid dienone is 1. The van der Waals surface area contributed by atoms with Crippen molar-refractivity contribution in [2.75, 3.05) is 7.05 Å². The van der Waals surface area contributed by atoms with Gasteiger partial charge >= 0.3 is 0 Å². The lowest BCUT2D eigenvalue weighted by atomic mass is 9.99. The fourth-order valence-corrected chi connectivity index (χ4v) is 2.43. The number of hydrogen-bond donors (Lipinski definition) is 0. The second-order valence-electron chi connectivity index (χ2n) is 4.71. The Balaban J connectivity index is 2.34. The number of alkyl halides is 2. The molecule has 0 bridgehead atoms. The molecule has 92 valence electrons. The van der Waals surface area contributed by atoms with Gasteiger partial charge in [-0.15, -0.1) is 0 Å². The predicted molar refractivity (Wildman–Crippen MR) is 65.1 cm³/mol. The fourth-order valence-electron chi connectivity index (χ4n) is 2.43. The third kappa shape index (κ3) is 2.19. The van der Waals surface area contributed by atoms with Crippen molar-refractivity contribution in [1.82, 2.24) is 4.90 Å². The molecular formula is C14H17F2N. The normalized spacial score (nSPS) is 24.5. The lowest BCUT2D eigenvalue weighted by molar-refractivity contribution is 0.361. The van der Waals surface area contributed by atoms with Gasteiger partial charge in [-0.2, -0.15) is 0 Å². The summed E-state index contributed by atoms with van der Waals surface area (Å²) < 4.78 is 26.3. The van der Waals surface area contributed by atoms with Crippen molar-refractivity contribution in [3.63, 3.8) is 0 Å². The Morgan fingerprint density at radius 3 is 2.65 bits per heavy atom. The second-order valence-corrected chi connectivity index (χ2v) is 4.71. The van der Waals surface area contributed by atoms with E-state index in [1.807, 2.05) is 37.1 Å². The minimum atomic E-state index is -0.987. The van der Waals surface area contributed by atoms with Crippen LogP contribution in [-0.2, 0) is 6.67 Å². The highest BCUT2D eigenvalue weighted by Crippen LogP contribution is 2.38. The number of halogens is 2. The summed E-state index contributed by atoms with van der Waals surface area (Å²) in [6.45, 7) is 5.18. The molecule has 3 heteroatoms. The van der Waals surface area contributed by atoms with E-state index in [1.165, 1.54) is 0 Å². The van der Waals surface area contributed by atoms with E-state index in [-0.39, 0.29) is 6.04 Å². The largest absolute Gasteiger partial charge is 0.369 e. The topological polar surface area (TPSA) is 3.24 Å². The predicted octanol–water partition coefficient (Wildman–Crippen LogP) is 3.69. The minimum absolute atomic E-state index is 0.0253. The molecule has 1 heterocycles. The zero-order chi connectivity index (χ0) is 12.6. The molecule has 2 atom stereocenters. The maximum Gasteiger partial charge on any atom is 0.141 e. The van der Waals surface area contributed by atoms with Crippen molar-refractivity contribution in [1.29, 1.82) is 0 Å². The van der Waals surface area contributed by atoms with E-state index in [0.29, 0.717) is 17.7 Å². The van der Waals surface area contributed by atoms with Gasteiger partial charge in [0, 0.05) is 19.2 Å². The van der Waals surface area contributed by atoms with E-state index in [2.05, 4.69) is 6.58 Å². The number of likely N-dealkylation sites (tertiary alicyclic amines) is 1. The minimum Gasteiger partial charge on any atom is -0.369 e. The molecule has 0 N–H and O–H groups in total. The molecule has 0 saturated carbocycles. The van der Waals surface area contributed by atoms with Crippen LogP contribution in [0.25, 0.3) is 0 Å². The molecule has 0 radical (unpaired) electrons. The molecular weight excluding hydrogens is 220 g/mol. The van der Waals surface area contributed by atoms with Crippen LogP contribution in [0.4, 0.5) is 8.78 Å². The van der Waals surface area contributed by atoms with E-state index in [9.17, 15) is 8.78 Å². The second kappa shape index (κ2) is 4.47. The van der Waals surface area contributed by atoms with E-state index in [4.69, 9.17) is 0 Å². The number of aryl methyl sites for hydroxylation is 1. The smallest absolute Gasteiger partial charge is 0.141 e. The maximum atomic E-state index is 13.6. The summed E-state index contributed by atoms with van der Waals surface area (Å²) in [6, 6.07) is 5.61. The Morgan fingerprint density at radius 2 is 2.12 bits per heavy atom. The molecule has 1 fully saturated rings. The molecule has 2 unspecified atom stereocenters.